The molecule has 0 aliphatic rings. The molecule has 0 spiro atoms. The zero-order chi connectivity index (χ0) is 16.8. The van der Waals surface area contributed by atoms with E-state index in [0.717, 1.165) is 42.3 Å². The van der Waals surface area contributed by atoms with E-state index in [4.69, 9.17) is 9.47 Å². The number of para-hydroxylation sites is 1. The van der Waals surface area contributed by atoms with Crippen molar-refractivity contribution in [3.8, 4) is 10.9 Å². The number of thiazole rings is 1. The summed E-state index contributed by atoms with van der Waals surface area (Å²) in [6.45, 7) is 5.66. The van der Waals surface area contributed by atoms with Crippen LogP contribution in [-0.4, -0.2) is 18.2 Å². The number of fused-ring (bicyclic) bond motifs is 1. The molecular weight excluding hydrogens is 318 g/mol. The van der Waals surface area contributed by atoms with E-state index in [0.29, 0.717) is 6.61 Å². The fraction of sp³-hybridized carbons (Fsp3) is 0.350. The largest absolute Gasteiger partial charge is 0.494 e. The SMILES string of the molecule is Cc1cc(C)cc(OCCCCCOc2nc3ccccc3s2)c1. The van der Waals surface area contributed by atoms with E-state index in [9.17, 15) is 0 Å². The van der Waals surface area contributed by atoms with Crippen LogP contribution in [0.15, 0.2) is 42.5 Å². The van der Waals surface area contributed by atoms with E-state index in [-0.39, 0.29) is 0 Å². The van der Waals surface area contributed by atoms with Gasteiger partial charge in [-0.05, 0) is 68.5 Å². The van der Waals surface area contributed by atoms with Crippen LogP contribution in [-0.2, 0) is 0 Å². The standard InChI is InChI=1S/C20H23NO2S/c1-15-12-16(2)14-17(13-15)22-10-6-3-7-11-23-20-21-18-8-4-5-9-19(18)24-20/h4-5,8-9,12-14H,3,6-7,10-11H2,1-2H3. The van der Waals surface area contributed by atoms with Crippen LogP contribution in [0.4, 0.5) is 0 Å². The lowest BCUT2D eigenvalue weighted by Gasteiger charge is -2.08. The number of hydrogen-bond donors (Lipinski definition) is 0. The molecule has 0 saturated heterocycles. The number of hydrogen-bond acceptors (Lipinski definition) is 4. The van der Waals surface area contributed by atoms with Gasteiger partial charge >= 0.3 is 0 Å². The van der Waals surface area contributed by atoms with Crippen molar-refractivity contribution in [2.75, 3.05) is 13.2 Å². The van der Waals surface area contributed by atoms with Gasteiger partial charge in [0, 0.05) is 0 Å². The van der Waals surface area contributed by atoms with Gasteiger partial charge in [0.15, 0.2) is 0 Å². The first kappa shape index (κ1) is 16.8. The molecule has 24 heavy (non-hydrogen) atoms. The Labute approximate surface area is 147 Å². The minimum absolute atomic E-state index is 0.712. The highest BCUT2D eigenvalue weighted by molar-refractivity contribution is 7.20. The third-order valence-electron chi connectivity index (χ3n) is 3.75. The monoisotopic (exact) mass is 341 g/mol. The third-order valence-corrected chi connectivity index (χ3v) is 4.70. The second-order valence-electron chi connectivity index (χ2n) is 6.03. The average molecular weight is 341 g/mol. The number of nitrogens with zero attached hydrogens (tertiary/aromatic N) is 1. The molecule has 126 valence electrons. The quantitative estimate of drug-likeness (QED) is 0.504. The van der Waals surface area contributed by atoms with Gasteiger partial charge in [0.05, 0.1) is 23.4 Å². The maximum absolute atomic E-state index is 5.82. The number of rotatable bonds is 8. The molecule has 0 fully saturated rings. The van der Waals surface area contributed by atoms with Gasteiger partial charge < -0.3 is 9.47 Å². The van der Waals surface area contributed by atoms with Crippen molar-refractivity contribution < 1.29 is 9.47 Å². The summed E-state index contributed by atoms with van der Waals surface area (Å²) in [6, 6.07) is 14.5. The minimum Gasteiger partial charge on any atom is -0.494 e. The Balaban J connectivity index is 1.32. The molecule has 1 heterocycles. The molecule has 0 atom stereocenters. The molecule has 0 saturated carbocycles. The predicted molar refractivity (Wildman–Crippen MR) is 100 cm³/mol. The molecule has 2 aromatic carbocycles. The van der Waals surface area contributed by atoms with Crippen molar-refractivity contribution >= 4 is 21.6 Å². The van der Waals surface area contributed by atoms with Crippen molar-refractivity contribution in [1.29, 1.82) is 0 Å². The summed E-state index contributed by atoms with van der Waals surface area (Å²) in [5.41, 5.74) is 3.50. The smallest absolute Gasteiger partial charge is 0.274 e. The lowest BCUT2D eigenvalue weighted by molar-refractivity contribution is 0.279. The summed E-state index contributed by atoms with van der Waals surface area (Å²) >= 11 is 1.61. The maximum Gasteiger partial charge on any atom is 0.274 e. The molecule has 3 nitrogen and oxygen atoms in total. The first-order chi connectivity index (χ1) is 11.7. The maximum atomic E-state index is 5.82. The second kappa shape index (κ2) is 8.15. The van der Waals surface area contributed by atoms with Gasteiger partial charge in [0.1, 0.15) is 5.75 Å². The molecule has 1 aromatic heterocycles. The minimum atomic E-state index is 0.712. The van der Waals surface area contributed by atoms with Gasteiger partial charge in [-0.25, -0.2) is 4.98 Å². The number of aromatic nitrogens is 1. The van der Waals surface area contributed by atoms with Crippen LogP contribution >= 0.6 is 11.3 Å². The lowest BCUT2D eigenvalue weighted by atomic mass is 10.1. The van der Waals surface area contributed by atoms with Crippen molar-refractivity contribution in [1.82, 2.24) is 4.98 Å². The van der Waals surface area contributed by atoms with Gasteiger partial charge in [0.2, 0.25) is 0 Å². The predicted octanol–water partition coefficient (Wildman–Crippen LogP) is 5.54. The molecule has 0 radical (unpaired) electrons. The van der Waals surface area contributed by atoms with Crippen molar-refractivity contribution in [3.63, 3.8) is 0 Å². The van der Waals surface area contributed by atoms with Crippen LogP contribution in [0.3, 0.4) is 0 Å². The molecule has 4 heteroatoms. The lowest BCUT2D eigenvalue weighted by Crippen LogP contribution is -2.01. The normalized spacial score (nSPS) is 10.9. The Morgan fingerprint density at radius 1 is 0.875 bits per heavy atom. The van der Waals surface area contributed by atoms with E-state index in [2.05, 4.69) is 43.1 Å². The topological polar surface area (TPSA) is 31.4 Å². The van der Waals surface area contributed by atoms with E-state index in [1.165, 1.54) is 15.8 Å². The zero-order valence-electron chi connectivity index (χ0n) is 14.2. The van der Waals surface area contributed by atoms with Crippen LogP contribution in [0.2, 0.25) is 0 Å². The van der Waals surface area contributed by atoms with Gasteiger partial charge in [-0.3, -0.25) is 0 Å². The first-order valence-corrected chi connectivity index (χ1v) is 9.22. The second-order valence-corrected chi connectivity index (χ2v) is 7.02. The number of aryl methyl sites for hydroxylation is 2. The van der Waals surface area contributed by atoms with E-state index in [1.54, 1.807) is 11.3 Å². The number of benzene rings is 2. The van der Waals surface area contributed by atoms with Crippen LogP contribution in [0.5, 0.6) is 10.9 Å². The highest BCUT2D eigenvalue weighted by Crippen LogP contribution is 2.27. The molecule has 3 rings (SSSR count). The van der Waals surface area contributed by atoms with Crippen molar-refractivity contribution in [2.45, 2.75) is 33.1 Å². The summed E-state index contributed by atoms with van der Waals surface area (Å²) in [6.07, 6.45) is 3.15. The van der Waals surface area contributed by atoms with Gasteiger partial charge in [-0.2, -0.15) is 0 Å². The number of unbranched alkanes of at least 4 members (excludes halogenated alkanes) is 2. The molecule has 0 N–H and O–H groups in total. The van der Waals surface area contributed by atoms with Crippen molar-refractivity contribution in [2.24, 2.45) is 0 Å². The Kier molecular flexibility index (Phi) is 5.70. The average Bonchev–Trinajstić information content (AvgIpc) is 2.96. The molecule has 0 aliphatic heterocycles. The summed E-state index contributed by atoms with van der Waals surface area (Å²) < 4.78 is 12.8. The van der Waals surface area contributed by atoms with E-state index < -0.39 is 0 Å². The van der Waals surface area contributed by atoms with Gasteiger partial charge in [-0.15, -0.1) is 0 Å². The molecule has 3 aromatic rings. The molecule has 0 unspecified atom stereocenters. The number of ether oxygens (including phenoxy) is 2. The Bertz CT molecular complexity index is 744. The highest BCUT2D eigenvalue weighted by Gasteiger charge is 2.03. The molecule has 0 bridgehead atoms. The highest BCUT2D eigenvalue weighted by atomic mass is 32.1. The summed E-state index contributed by atoms with van der Waals surface area (Å²) in [5.74, 6) is 0.971. The van der Waals surface area contributed by atoms with E-state index >= 15 is 0 Å². The Hall–Kier alpha value is -2.07. The van der Waals surface area contributed by atoms with Gasteiger partial charge in [0.25, 0.3) is 5.19 Å². The fourth-order valence-electron chi connectivity index (χ4n) is 2.66. The van der Waals surface area contributed by atoms with Crippen LogP contribution in [0, 0.1) is 13.8 Å². The van der Waals surface area contributed by atoms with Crippen LogP contribution < -0.4 is 9.47 Å². The first-order valence-electron chi connectivity index (χ1n) is 8.40. The zero-order valence-corrected chi connectivity index (χ0v) is 15.1. The molecule has 0 aliphatic carbocycles. The summed E-state index contributed by atoms with van der Waals surface area (Å²) in [7, 11) is 0. The Morgan fingerprint density at radius 2 is 1.58 bits per heavy atom. The fourth-order valence-corrected chi connectivity index (χ4v) is 3.50. The third kappa shape index (κ3) is 4.71. The molecule has 0 amide bonds. The van der Waals surface area contributed by atoms with Crippen LogP contribution in [0.1, 0.15) is 30.4 Å². The molecular formula is C20H23NO2S. The Morgan fingerprint density at radius 3 is 2.33 bits per heavy atom. The van der Waals surface area contributed by atoms with Gasteiger partial charge in [-0.1, -0.05) is 29.5 Å². The van der Waals surface area contributed by atoms with Crippen LogP contribution in [0.25, 0.3) is 10.2 Å². The summed E-state index contributed by atoms with van der Waals surface area (Å²) in [5, 5.41) is 0.766. The van der Waals surface area contributed by atoms with E-state index in [1.807, 2.05) is 18.2 Å². The van der Waals surface area contributed by atoms with Crippen molar-refractivity contribution in [3.05, 3.63) is 53.6 Å². The summed E-state index contributed by atoms with van der Waals surface area (Å²) in [4.78, 5) is 4.47.